The largest absolute Gasteiger partial charge is 0.493 e. The van der Waals surface area contributed by atoms with Crippen LogP contribution in [0.3, 0.4) is 0 Å². The molecule has 7 nitrogen and oxygen atoms in total. The Balaban J connectivity index is 0.00000420. The van der Waals surface area contributed by atoms with Crippen LogP contribution in [0.2, 0.25) is 5.02 Å². The van der Waals surface area contributed by atoms with Gasteiger partial charge in [0.05, 0.1) is 28.6 Å². The summed E-state index contributed by atoms with van der Waals surface area (Å²) in [5.41, 5.74) is 1.04. The lowest BCUT2D eigenvalue weighted by Gasteiger charge is -2.27. The van der Waals surface area contributed by atoms with E-state index < -0.39 is 19.9 Å². The zero-order valence-corrected chi connectivity index (χ0v) is 25.0. The molecule has 3 aromatic rings. The summed E-state index contributed by atoms with van der Waals surface area (Å²) in [5.74, 6) is 0.621. The number of ether oxygens (including phenoxy) is 1. The topological polar surface area (TPSA) is 84.0 Å². The predicted molar refractivity (Wildman–Crippen MR) is 158 cm³/mol. The van der Waals surface area contributed by atoms with Crippen LogP contribution < -0.4 is 9.04 Å². The Bertz CT molecular complexity index is 1430. The van der Waals surface area contributed by atoms with Gasteiger partial charge in [-0.1, -0.05) is 36.2 Å². The quantitative estimate of drug-likeness (QED) is 0.254. The molecule has 0 spiro atoms. The molecule has 0 bridgehead atoms. The zero-order chi connectivity index (χ0) is 27.2. The van der Waals surface area contributed by atoms with E-state index in [0.717, 1.165) is 32.3 Å². The molecule has 1 fully saturated rings. The van der Waals surface area contributed by atoms with Crippen LogP contribution in [0, 0.1) is 0 Å². The van der Waals surface area contributed by atoms with Gasteiger partial charge in [-0.2, -0.15) is 0 Å². The first kappa shape index (κ1) is 31.2. The second-order valence-corrected chi connectivity index (χ2v) is 13.8. The van der Waals surface area contributed by atoms with Gasteiger partial charge < -0.3 is 9.64 Å². The Morgan fingerprint density at radius 1 is 0.846 bits per heavy atom. The number of anilines is 1. The molecule has 3 aromatic carbocycles. The van der Waals surface area contributed by atoms with E-state index in [2.05, 4.69) is 4.90 Å². The zero-order valence-electron chi connectivity index (χ0n) is 21.8. The maximum Gasteiger partial charge on any atom is 0.264 e. The summed E-state index contributed by atoms with van der Waals surface area (Å²) in [6.45, 7) is 3.77. The molecule has 0 aromatic heterocycles. The molecule has 0 N–H and O–H groups in total. The average Bonchev–Trinajstić information content (AvgIpc) is 2.91. The van der Waals surface area contributed by atoms with Crippen molar-refractivity contribution in [3.8, 4) is 5.75 Å². The van der Waals surface area contributed by atoms with Gasteiger partial charge in [-0.15, -0.1) is 12.4 Å². The minimum atomic E-state index is -4.01. The van der Waals surface area contributed by atoms with E-state index in [1.165, 1.54) is 72.1 Å². The monoisotopic (exact) mass is 612 g/mol. The number of benzene rings is 3. The van der Waals surface area contributed by atoms with Gasteiger partial charge in [0, 0.05) is 23.4 Å². The van der Waals surface area contributed by atoms with Gasteiger partial charge in [0.1, 0.15) is 5.75 Å². The van der Waals surface area contributed by atoms with Crippen molar-refractivity contribution >= 4 is 49.6 Å². The normalized spacial score (nSPS) is 14.4. The third kappa shape index (κ3) is 8.35. The first-order chi connectivity index (χ1) is 18.1. The van der Waals surface area contributed by atoms with E-state index in [9.17, 15) is 16.8 Å². The smallest absolute Gasteiger partial charge is 0.264 e. The highest BCUT2D eigenvalue weighted by molar-refractivity contribution is 7.92. The van der Waals surface area contributed by atoms with Crippen molar-refractivity contribution in [2.45, 2.75) is 42.0 Å². The van der Waals surface area contributed by atoms with Crippen molar-refractivity contribution in [1.29, 1.82) is 0 Å². The third-order valence-corrected chi connectivity index (χ3v) is 9.73. The summed E-state index contributed by atoms with van der Waals surface area (Å²) in [7, 11) is -7.44. The van der Waals surface area contributed by atoms with Crippen molar-refractivity contribution < 1.29 is 21.6 Å². The van der Waals surface area contributed by atoms with Crippen LogP contribution in [0.1, 0.15) is 31.2 Å². The lowest BCUT2D eigenvalue weighted by molar-refractivity contribution is 0.204. The SMILES string of the molecule is CS(=O)(=O)c1ccc(N(Cc2ccccc2OCCCN2CCCCC2)S(=O)(=O)c2ccc(Cl)cc2)cc1.Cl. The second-order valence-electron chi connectivity index (χ2n) is 9.44. The molecular weight excluding hydrogens is 579 g/mol. The lowest BCUT2D eigenvalue weighted by Crippen LogP contribution is -2.31. The van der Waals surface area contributed by atoms with Crippen molar-refractivity contribution in [3.63, 3.8) is 0 Å². The molecule has 0 unspecified atom stereocenters. The van der Waals surface area contributed by atoms with Crippen molar-refractivity contribution in [1.82, 2.24) is 4.90 Å². The number of sulfone groups is 1. The Kier molecular flexibility index (Phi) is 11.1. The fourth-order valence-corrected chi connectivity index (χ4v) is 6.69. The molecule has 0 saturated carbocycles. The van der Waals surface area contributed by atoms with Gasteiger partial charge in [0.15, 0.2) is 9.84 Å². The fraction of sp³-hybridized carbons (Fsp3) is 0.357. The summed E-state index contributed by atoms with van der Waals surface area (Å²) in [4.78, 5) is 2.65. The van der Waals surface area contributed by atoms with E-state index >= 15 is 0 Å². The minimum Gasteiger partial charge on any atom is -0.493 e. The Morgan fingerprint density at radius 2 is 1.46 bits per heavy atom. The molecule has 39 heavy (non-hydrogen) atoms. The number of halogens is 2. The van der Waals surface area contributed by atoms with Gasteiger partial charge in [-0.05, 0) is 86.9 Å². The predicted octanol–water partition coefficient (Wildman–Crippen LogP) is 5.82. The maximum atomic E-state index is 13.8. The van der Waals surface area contributed by atoms with Gasteiger partial charge in [-0.25, -0.2) is 16.8 Å². The molecule has 0 aliphatic carbocycles. The van der Waals surface area contributed by atoms with Crippen LogP contribution in [-0.2, 0) is 26.4 Å². The van der Waals surface area contributed by atoms with Gasteiger partial charge >= 0.3 is 0 Å². The van der Waals surface area contributed by atoms with Gasteiger partial charge in [-0.3, -0.25) is 4.31 Å². The molecule has 11 heteroatoms. The minimum absolute atomic E-state index is 0. The number of piperidine rings is 1. The Morgan fingerprint density at radius 3 is 2.10 bits per heavy atom. The lowest BCUT2D eigenvalue weighted by atomic mass is 10.1. The highest BCUT2D eigenvalue weighted by Crippen LogP contribution is 2.30. The third-order valence-electron chi connectivity index (χ3n) is 6.57. The Hall–Kier alpha value is -2.30. The van der Waals surface area contributed by atoms with E-state index in [1.54, 1.807) is 0 Å². The van der Waals surface area contributed by atoms with E-state index in [1.807, 2.05) is 24.3 Å². The fourth-order valence-electron chi connectivity index (χ4n) is 4.49. The number of nitrogens with zero attached hydrogens (tertiary/aromatic N) is 2. The van der Waals surface area contributed by atoms with E-state index in [0.29, 0.717) is 28.6 Å². The number of hydrogen-bond acceptors (Lipinski definition) is 6. The van der Waals surface area contributed by atoms with Crippen molar-refractivity contribution in [2.75, 3.05) is 36.8 Å². The number of likely N-dealkylation sites (tertiary alicyclic amines) is 1. The van der Waals surface area contributed by atoms with Crippen LogP contribution in [-0.4, -0.2) is 54.2 Å². The molecule has 1 saturated heterocycles. The summed E-state index contributed by atoms with van der Waals surface area (Å²) >= 11 is 5.99. The first-order valence-electron chi connectivity index (χ1n) is 12.7. The summed E-state index contributed by atoms with van der Waals surface area (Å²) in [6, 6.07) is 19.2. The van der Waals surface area contributed by atoms with E-state index in [4.69, 9.17) is 16.3 Å². The molecule has 0 amide bonds. The maximum absolute atomic E-state index is 13.8. The van der Waals surface area contributed by atoms with Gasteiger partial charge in [0.2, 0.25) is 0 Å². The highest BCUT2D eigenvalue weighted by Gasteiger charge is 2.27. The molecule has 4 rings (SSSR count). The van der Waals surface area contributed by atoms with Crippen molar-refractivity contribution in [2.24, 2.45) is 0 Å². The van der Waals surface area contributed by atoms with Crippen LogP contribution in [0.25, 0.3) is 0 Å². The number of para-hydroxylation sites is 1. The van der Waals surface area contributed by atoms with Crippen LogP contribution >= 0.6 is 24.0 Å². The highest BCUT2D eigenvalue weighted by atomic mass is 35.5. The molecule has 1 aliphatic heterocycles. The van der Waals surface area contributed by atoms with Crippen LogP contribution in [0.15, 0.2) is 82.6 Å². The summed E-state index contributed by atoms with van der Waals surface area (Å²) in [5, 5.41) is 0.427. The standard InChI is InChI=1S/C28H33ClN2O5S2.ClH/c1-37(32,33)26-16-12-25(13-17-26)31(38(34,35)27-14-10-24(29)11-15-27)22-23-8-3-4-9-28(23)36-21-7-20-30-18-5-2-6-19-30;/h3-4,8-17H,2,5-7,18-22H2,1H3;1H. The number of hydrogen-bond donors (Lipinski definition) is 0. The van der Waals surface area contributed by atoms with Crippen molar-refractivity contribution in [3.05, 3.63) is 83.4 Å². The first-order valence-corrected chi connectivity index (χ1v) is 16.4. The molecule has 0 atom stereocenters. The second kappa shape index (κ2) is 13.9. The molecule has 1 aliphatic rings. The summed E-state index contributed by atoms with van der Waals surface area (Å²) < 4.78 is 58.9. The van der Waals surface area contributed by atoms with Crippen LogP contribution in [0.4, 0.5) is 5.69 Å². The molecule has 1 heterocycles. The Labute approximate surface area is 243 Å². The number of rotatable bonds is 11. The number of sulfonamides is 1. The van der Waals surface area contributed by atoms with Gasteiger partial charge in [0.25, 0.3) is 10.0 Å². The summed E-state index contributed by atoms with van der Waals surface area (Å²) in [6.07, 6.45) is 5.78. The van der Waals surface area contributed by atoms with Crippen LogP contribution in [0.5, 0.6) is 5.75 Å². The molecule has 0 radical (unpaired) electrons. The van der Waals surface area contributed by atoms with E-state index in [-0.39, 0.29) is 28.7 Å². The molecular formula is C28H34Cl2N2O5S2. The molecule has 212 valence electrons. The average molecular weight is 614 g/mol.